The number of rotatable bonds is 0. The molecule has 0 aromatic carbocycles. The van der Waals surface area contributed by atoms with Crippen molar-refractivity contribution in [3.05, 3.63) is 0 Å². The Balaban J connectivity index is -0.000000411. The van der Waals surface area contributed by atoms with Gasteiger partial charge < -0.3 is 0 Å². The first-order valence-electron chi connectivity index (χ1n) is 10.5. The van der Waals surface area contributed by atoms with E-state index in [-0.39, 0.29) is 10.1 Å². The molecule has 3 heteroatoms. The van der Waals surface area contributed by atoms with E-state index in [9.17, 15) is 0 Å². The van der Waals surface area contributed by atoms with Gasteiger partial charge in [0.05, 0.1) is 0 Å². The van der Waals surface area contributed by atoms with Crippen molar-refractivity contribution in [2.45, 2.75) is 155 Å². The molecular formula is C24H54BeSi2. The normalized spacial score (nSPS) is 14.7. The summed E-state index contributed by atoms with van der Waals surface area (Å²) in [5, 5.41) is 2.92. The van der Waals surface area contributed by atoms with Gasteiger partial charge in [-0.05, 0) is 0 Å². The van der Waals surface area contributed by atoms with Gasteiger partial charge in [0, 0.05) is 0 Å². The zero-order valence-corrected chi connectivity index (χ0v) is 24.7. The van der Waals surface area contributed by atoms with Gasteiger partial charge in [-0.15, -0.1) is 0 Å². The van der Waals surface area contributed by atoms with E-state index in [1.54, 1.807) is 0 Å². The van der Waals surface area contributed by atoms with E-state index in [1.807, 2.05) is 0 Å². The molecule has 0 aliphatic heterocycles. The molecule has 160 valence electrons. The largest absolute Gasteiger partial charge is 2.00 e. The van der Waals surface area contributed by atoms with E-state index in [1.165, 1.54) is 0 Å². The van der Waals surface area contributed by atoms with Crippen LogP contribution in [0.3, 0.4) is 0 Å². The van der Waals surface area contributed by atoms with Crippen LogP contribution in [0.4, 0.5) is 0 Å². The van der Waals surface area contributed by atoms with Crippen molar-refractivity contribution in [2.75, 3.05) is 0 Å². The maximum atomic E-state index is 2.40. The van der Waals surface area contributed by atoms with Gasteiger partial charge in [0.1, 0.15) is 0 Å². The molecule has 0 radical (unpaired) electrons. The molecule has 0 aliphatic rings. The molecule has 0 fully saturated rings. The molecule has 0 spiro atoms. The quantitative estimate of drug-likeness (QED) is 0.351. The smallest absolute Gasteiger partial charge is 0.239 e. The van der Waals surface area contributed by atoms with Gasteiger partial charge in [0.2, 0.25) is 0 Å². The first-order valence-corrected chi connectivity index (χ1v) is 13.5. The summed E-state index contributed by atoms with van der Waals surface area (Å²) in [6.45, 7) is 43.2. The zero-order valence-electron chi connectivity index (χ0n) is 22.7. The van der Waals surface area contributed by atoms with Crippen LogP contribution in [-0.4, -0.2) is 27.7 Å². The fourth-order valence-corrected chi connectivity index (χ4v) is 20.2. The van der Waals surface area contributed by atoms with Crippen molar-refractivity contribution >= 4 is 27.7 Å². The molecule has 0 unspecified atom stereocenters. The summed E-state index contributed by atoms with van der Waals surface area (Å²) >= 11 is 0. The van der Waals surface area contributed by atoms with E-state index >= 15 is 0 Å². The molecule has 0 heterocycles. The first-order chi connectivity index (χ1) is 10.7. The second-order valence-electron chi connectivity index (χ2n) is 14.2. The Kier molecular flexibility index (Phi) is 11.5. The third kappa shape index (κ3) is 12.0. The Bertz CT molecular complexity index is 304. The Morgan fingerprint density at radius 3 is 0.333 bits per heavy atom. The molecule has 0 nitrogen and oxygen atoms in total. The van der Waals surface area contributed by atoms with Crippen LogP contribution in [0.25, 0.3) is 0 Å². The molecule has 0 saturated carbocycles. The SMILES string of the molecule is CC(C)(C)[Si-](C(C)(C)C)C(C)(C)C.CC(C)(C)[Si-](C(C)(C)C)C(C)(C)C.[Be+2]. The third-order valence-corrected chi connectivity index (χ3v) is 13.5. The molecule has 0 aromatic rings. The summed E-state index contributed by atoms with van der Waals surface area (Å²) in [4.78, 5) is 0. The van der Waals surface area contributed by atoms with Gasteiger partial charge in [0.25, 0.3) is 0 Å². The van der Waals surface area contributed by atoms with Crippen molar-refractivity contribution in [3.63, 3.8) is 0 Å². The standard InChI is InChI=1S/2C12H27Si.Be/c2*1-10(2,3)13(11(4,5)6)12(7,8)9;/h2*1-9H3;/q2*-1;+2. The topological polar surface area (TPSA) is 0 Å². The first kappa shape index (κ1) is 32.3. The Hall–Kier alpha value is 0.603. The molecule has 0 aliphatic carbocycles. The van der Waals surface area contributed by atoms with Crippen molar-refractivity contribution in [1.82, 2.24) is 0 Å². The molecule has 27 heavy (non-hydrogen) atoms. The minimum Gasteiger partial charge on any atom is -0.239 e. The summed E-state index contributed by atoms with van der Waals surface area (Å²) in [6, 6.07) is 0. The van der Waals surface area contributed by atoms with E-state index in [4.69, 9.17) is 0 Å². The predicted molar refractivity (Wildman–Crippen MR) is 136 cm³/mol. The average molecular weight is 408 g/mol. The molecule has 0 atom stereocenters. The van der Waals surface area contributed by atoms with Gasteiger partial charge in [-0.25, -0.2) is 17.6 Å². The van der Waals surface area contributed by atoms with Crippen LogP contribution in [0, 0.1) is 0 Å². The summed E-state index contributed by atoms with van der Waals surface area (Å²) in [5.41, 5.74) is 0. The summed E-state index contributed by atoms with van der Waals surface area (Å²) in [6.07, 6.45) is 0. The van der Waals surface area contributed by atoms with Crippen LogP contribution in [0.1, 0.15) is 125 Å². The molecule has 0 saturated heterocycles. The number of hydrogen-bond donors (Lipinski definition) is 0. The molecule has 0 bridgehead atoms. The van der Waals surface area contributed by atoms with Crippen LogP contribution < -0.4 is 0 Å². The molecule has 0 amide bonds. The number of hydrogen-bond acceptors (Lipinski definition) is 0. The zero-order chi connectivity index (χ0) is 22.2. The van der Waals surface area contributed by atoms with Gasteiger partial charge in [-0.2, -0.15) is 30.2 Å². The van der Waals surface area contributed by atoms with E-state index < -0.39 is 17.6 Å². The van der Waals surface area contributed by atoms with E-state index in [0.717, 1.165) is 0 Å². The molecular weight excluding hydrogens is 353 g/mol. The van der Waals surface area contributed by atoms with Crippen molar-refractivity contribution in [1.29, 1.82) is 0 Å². The fraction of sp³-hybridized carbons (Fsp3) is 1.00. The Morgan fingerprint density at radius 1 is 0.259 bits per heavy atom. The second kappa shape index (κ2) is 9.61. The van der Waals surface area contributed by atoms with Crippen LogP contribution in [0.5, 0.6) is 0 Å². The van der Waals surface area contributed by atoms with Crippen LogP contribution in [0.2, 0.25) is 30.2 Å². The van der Waals surface area contributed by atoms with Crippen molar-refractivity contribution < 1.29 is 0 Å². The van der Waals surface area contributed by atoms with E-state index in [0.29, 0.717) is 30.2 Å². The Morgan fingerprint density at radius 2 is 0.333 bits per heavy atom. The minimum atomic E-state index is -0.391. The van der Waals surface area contributed by atoms with Gasteiger partial charge >= 0.3 is 10.1 Å². The maximum Gasteiger partial charge on any atom is 2.00 e. The molecule has 0 rings (SSSR count). The van der Waals surface area contributed by atoms with Crippen molar-refractivity contribution in [3.8, 4) is 0 Å². The van der Waals surface area contributed by atoms with Crippen molar-refractivity contribution in [2.24, 2.45) is 0 Å². The molecule has 0 N–H and O–H groups in total. The van der Waals surface area contributed by atoms with Crippen LogP contribution >= 0.6 is 0 Å². The average Bonchev–Trinajstić information content (AvgIpc) is 1.97. The van der Waals surface area contributed by atoms with Crippen LogP contribution in [-0.2, 0) is 0 Å². The van der Waals surface area contributed by atoms with Gasteiger partial charge in [0.15, 0.2) is 0 Å². The van der Waals surface area contributed by atoms with Gasteiger partial charge in [-0.1, -0.05) is 125 Å². The summed E-state index contributed by atoms with van der Waals surface area (Å²) in [5.74, 6) is 0. The van der Waals surface area contributed by atoms with Gasteiger partial charge in [-0.3, -0.25) is 0 Å². The minimum absolute atomic E-state index is 0. The maximum absolute atomic E-state index is 2.40. The fourth-order valence-electron chi connectivity index (χ4n) is 6.75. The second-order valence-corrected chi connectivity index (χ2v) is 24.8. The monoisotopic (exact) mass is 407 g/mol. The summed E-state index contributed by atoms with van der Waals surface area (Å²) in [7, 11) is -0.782. The molecule has 0 aromatic heterocycles. The van der Waals surface area contributed by atoms with E-state index in [2.05, 4.69) is 125 Å². The van der Waals surface area contributed by atoms with Crippen LogP contribution in [0.15, 0.2) is 0 Å². The predicted octanol–water partition coefficient (Wildman–Crippen LogP) is 9.38. The summed E-state index contributed by atoms with van der Waals surface area (Å²) < 4.78 is 0. The Labute approximate surface area is 182 Å². The third-order valence-electron chi connectivity index (χ3n) is 4.50.